The molecular weight excluding hydrogens is 116 g/mol. The fraction of sp³-hybridized carbons (Fsp3) is 0.833. The van der Waals surface area contributed by atoms with Gasteiger partial charge < -0.3 is 10.0 Å². The molecule has 54 valence electrons. The highest BCUT2D eigenvalue weighted by Gasteiger charge is 2.05. The highest BCUT2D eigenvalue weighted by Crippen LogP contribution is 1.96. The number of rotatable bonds is 2. The summed E-state index contributed by atoms with van der Waals surface area (Å²) in [5, 5.41) is 15.9. The second-order valence-corrected chi connectivity index (χ2v) is 2.38. The van der Waals surface area contributed by atoms with Crippen LogP contribution in [0.5, 0.6) is 0 Å². The molecule has 3 heteroatoms. The Kier molecular flexibility index (Phi) is 3.24. The largest absolute Gasteiger partial charge is 0.376 e. The summed E-state index contributed by atoms with van der Waals surface area (Å²) in [4.78, 5) is 1.50. The van der Waals surface area contributed by atoms with Gasteiger partial charge in [-0.3, -0.25) is 5.41 Å². The van der Waals surface area contributed by atoms with E-state index >= 15 is 0 Å². The molecule has 0 bridgehead atoms. The average molecular weight is 130 g/mol. The summed E-state index contributed by atoms with van der Waals surface area (Å²) in [5.41, 5.74) is 0. The Hall–Kier alpha value is -0.570. The molecule has 0 heterocycles. The topological polar surface area (TPSA) is 47.3 Å². The van der Waals surface area contributed by atoms with Crippen LogP contribution in [-0.2, 0) is 0 Å². The van der Waals surface area contributed by atoms with Crippen LogP contribution < -0.4 is 0 Å². The van der Waals surface area contributed by atoms with Crippen LogP contribution in [0.15, 0.2) is 0 Å². The van der Waals surface area contributed by atoms with Crippen LogP contribution in [0.1, 0.15) is 13.8 Å². The highest BCUT2D eigenvalue weighted by molar-refractivity contribution is 5.80. The molecule has 0 saturated carbocycles. The summed E-state index contributed by atoms with van der Waals surface area (Å²) < 4.78 is 0. The predicted octanol–water partition coefficient (Wildman–Crippen LogP) is 0.501. The Balaban J connectivity index is 3.73. The van der Waals surface area contributed by atoms with E-state index in [0.29, 0.717) is 5.84 Å². The van der Waals surface area contributed by atoms with Crippen molar-refractivity contribution in [3.63, 3.8) is 0 Å². The molecule has 0 saturated heterocycles. The van der Waals surface area contributed by atoms with Gasteiger partial charge in [0.25, 0.3) is 0 Å². The van der Waals surface area contributed by atoms with Gasteiger partial charge in [-0.1, -0.05) is 13.8 Å². The van der Waals surface area contributed by atoms with E-state index in [4.69, 9.17) is 10.5 Å². The lowest BCUT2D eigenvalue weighted by molar-refractivity contribution is 0.186. The maximum atomic E-state index is 8.54. The summed E-state index contributed by atoms with van der Waals surface area (Å²) in [5.74, 6) is 0.666. The first-order valence-corrected chi connectivity index (χ1v) is 3.00. The lowest BCUT2D eigenvalue weighted by atomic mass is 10.2. The minimum Gasteiger partial charge on any atom is -0.376 e. The molecule has 0 aromatic heterocycles. The first-order chi connectivity index (χ1) is 4.09. The smallest absolute Gasteiger partial charge is 0.116 e. The molecule has 3 nitrogen and oxygen atoms in total. The van der Waals surface area contributed by atoms with Crippen LogP contribution in [0.3, 0.4) is 0 Å². The van der Waals surface area contributed by atoms with Crippen LogP contribution >= 0.6 is 0 Å². The number of hydrogen-bond acceptors (Lipinski definition) is 2. The summed E-state index contributed by atoms with van der Waals surface area (Å²) in [6.07, 6.45) is 0. The van der Waals surface area contributed by atoms with E-state index in [9.17, 15) is 0 Å². The van der Waals surface area contributed by atoms with Gasteiger partial charge in [0.2, 0.25) is 0 Å². The van der Waals surface area contributed by atoms with Crippen LogP contribution in [0, 0.1) is 11.3 Å². The summed E-state index contributed by atoms with van der Waals surface area (Å²) in [6.45, 7) is 3.78. The summed E-state index contributed by atoms with van der Waals surface area (Å²) in [7, 11) is 1.70. The predicted molar refractivity (Wildman–Crippen MR) is 37.4 cm³/mol. The van der Waals surface area contributed by atoms with Crippen molar-refractivity contribution in [2.45, 2.75) is 13.8 Å². The third-order valence-electron chi connectivity index (χ3n) is 1.17. The molecule has 0 aliphatic heterocycles. The fourth-order valence-electron chi connectivity index (χ4n) is 0.517. The standard InChI is InChI=1S/C6H14N2O/c1-5(2)6(7)8(3)4-9/h5,7,9H,4H2,1-3H3. The van der Waals surface area contributed by atoms with Crippen molar-refractivity contribution < 1.29 is 5.11 Å². The Morgan fingerprint density at radius 2 is 2.11 bits per heavy atom. The molecule has 0 fully saturated rings. The SMILES string of the molecule is CC(C)C(=N)N(C)CO. The number of hydrogen-bond donors (Lipinski definition) is 2. The minimum absolute atomic E-state index is 0.0724. The zero-order valence-corrected chi connectivity index (χ0v) is 6.18. The molecule has 0 radical (unpaired) electrons. The molecule has 0 amide bonds. The van der Waals surface area contributed by atoms with Crippen LogP contribution in [0.4, 0.5) is 0 Å². The van der Waals surface area contributed by atoms with Gasteiger partial charge in [-0.25, -0.2) is 0 Å². The molecule has 0 aliphatic rings. The van der Waals surface area contributed by atoms with Crippen molar-refractivity contribution in [3.05, 3.63) is 0 Å². The van der Waals surface area contributed by atoms with Crippen molar-refractivity contribution >= 4 is 5.84 Å². The number of aliphatic hydroxyl groups is 1. The van der Waals surface area contributed by atoms with Gasteiger partial charge in [-0.05, 0) is 0 Å². The first kappa shape index (κ1) is 8.43. The fourth-order valence-corrected chi connectivity index (χ4v) is 0.517. The molecule has 9 heavy (non-hydrogen) atoms. The molecular formula is C6H14N2O. The maximum absolute atomic E-state index is 8.54. The van der Waals surface area contributed by atoms with E-state index in [0.717, 1.165) is 0 Å². The van der Waals surface area contributed by atoms with Gasteiger partial charge in [0.05, 0.1) is 5.84 Å². The van der Waals surface area contributed by atoms with Crippen LogP contribution in [0.25, 0.3) is 0 Å². The van der Waals surface area contributed by atoms with Gasteiger partial charge in [0.15, 0.2) is 0 Å². The Bertz CT molecular complexity index is 101. The Morgan fingerprint density at radius 1 is 1.67 bits per heavy atom. The van der Waals surface area contributed by atoms with Crippen molar-refractivity contribution in [1.29, 1.82) is 5.41 Å². The van der Waals surface area contributed by atoms with Gasteiger partial charge in [0.1, 0.15) is 6.73 Å². The minimum atomic E-state index is -0.0724. The average Bonchev–Trinajstić information content (AvgIpc) is 1.84. The number of amidine groups is 1. The van der Waals surface area contributed by atoms with E-state index < -0.39 is 0 Å². The van der Waals surface area contributed by atoms with Gasteiger partial charge in [-0.2, -0.15) is 0 Å². The van der Waals surface area contributed by atoms with Gasteiger partial charge in [0, 0.05) is 13.0 Å². The molecule has 0 spiro atoms. The van der Waals surface area contributed by atoms with Crippen LogP contribution in [-0.4, -0.2) is 29.6 Å². The van der Waals surface area contributed by atoms with Crippen molar-refractivity contribution in [3.8, 4) is 0 Å². The van der Waals surface area contributed by atoms with Crippen LogP contribution in [0.2, 0.25) is 0 Å². The van der Waals surface area contributed by atoms with Crippen molar-refractivity contribution in [1.82, 2.24) is 4.90 Å². The zero-order valence-electron chi connectivity index (χ0n) is 6.18. The maximum Gasteiger partial charge on any atom is 0.116 e. The lowest BCUT2D eigenvalue weighted by Gasteiger charge is -2.18. The van der Waals surface area contributed by atoms with E-state index in [-0.39, 0.29) is 12.6 Å². The Labute approximate surface area is 55.8 Å². The summed E-state index contributed by atoms with van der Waals surface area (Å²) in [6, 6.07) is 0. The molecule has 0 rings (SSSR count). The molecule has 0 aliphatic carbocycles. The number of aliphatic hydroxyl groups excluding tert-OH is 1. The third-order valence-corrected chi connectivity index (χ3v) is 1.17. The van der Waals surface area contributed by atoms with Crippen molar-refractivity contribution in [2.24, 2.45) is 5.92 Å². The number of nitrogens with zero attached hydrogens (tertiary/aromatic N) is 1. The second kappa shape index (κ2) is 3.45. The molecule has 0 atom stereocenters. The Morgan fingerprint density at radius 3 is 2.22 bits per heavy atom. The first-order valence-electron chi connectivity index (χ1n) is 3.00. The zero-order chi connectivity index (χ0) is 7.44. The van der Waals surface area contributed by atoms with E-state index in [1.165, 1.54) is 4.90 Å². The normalized spacial score (nSPS) is 9.89. The lowest BCUT2D eigenvalue weighted by Crippen LogP contribution is -2.30. The van der Waals surface area contributed by atoms with E-state index in [2.05, 4.69) is 0 Å². The second-order valence-electron chi connectivity index (χ2n) is 2.38. The van der Waals surface area contributed by atoms with Crippen molar-refractivity contribution in [2.75, 3.05) is 13.8 Å². The molecule has 0 aromatic carbocycles. The summed E-state index contributed by atoms with van der Waals surface area (Å²) >= 11 is 0. The molecule has 0 unspecified atom stereocenters. The quantitative estimate of drug-likeness (QED) is 0.325. The molecule has 0 aromatic rings. The third kappa shape index (κ3) is 2.46. The monoisotopic (exact) mass is 130 g/mol. The number of nitrogens with one attached hydrogen (secondary N) is 1. The van der Waals surface area contributed by atoms with E-state index in [1.807, 2.05) is 13.8 Å². The molecule has 2 N–H and O–H groups in total. The highest BCUT2D eigenvalue weighted by atomic mass is 16.3. The van der Waals surface area contributed by atoms with Gasteiger partial charge >= 0.3 is 0 Å². The van der Waals surface area contributed by atoms with E-state index in [1.54, 1.807) is 7.05 Å². The van der Waals surface area contributed by atoms with Gasteiger partial charge in [-0.15, -0.1) is 0 Å².